The molecule has 30 heavy (non-hydrogen) atoms. The second-order valence-corrected chi connectivity index (χ2v) is 10.3. The van der Waals surface area contributed by atoms with Crippen molar-refractivity contribution in [1.29, 1.82) is 0 Å². The van der Waals surface area contributed by atoms with E-state index in [9.17, 15) is 14.4 Å². The molecule has 2 aromatic heterocycles. The Kier molecular flexibility index (Phi) is 6.69. The van der Waals surface area contributed by atoms with Gasteiger partial charge in [-0.05, 0) is 24.3 Å². The quantitative estimate of drug-likeness (QED) is 0.461. The van der Waals surface area contributed by atoms with Gasteiger partial charge in [0.15, 0.2) is 4.34 Å². The van der Waals surface area contributed by atoms with Gasteiger partial charge in [-0.2, -0.15) is 0 Å². The van der Waals surface area contributed by atoms with Crippen molar-refractivity contribution >= 4 is 57.3 Å². The molecule has 0 atom stereocenters. The molecule has 0 bridgehead atoms. The number of carbonyl (C=O) groups excluding carboxylic acids is 3. The Morgan fingerprint density at radius 3 is 2.53 bits per heavy atom. The van der Waals surface area contributed by atoms with Crippen LogP contribution >= 0.6 is 34.4 Å². The molecule has 11 heteroatoms. The molecule has 1 saturated carbocycles. The van der Waals surface area contributed by atoms with Crippen LogP contribution in [-0.4, -0.2) is 75.7 Å². The number of thiophene rings is 1. The zero-order valence-electron chi connectivity index (χ0n) is 16.7. The van der Waals surface area contributed by atoms with Gasteiger partial charge in [-0.15, -0.1) is 21.5 Å². The van der Waals surface area contributed by atoms with Crippen LogP contribution in [0.1, 0.15) is 35.9 Å². The molecule has 0 aromatic carbocycles. The number of carbonyl (C=O) groups is 3. The minimum atomic E-state index is 0.0312. The lowest BCUT2D eigenvalue weighted by molar-refractivity contribution is -0.129. The van der Waals surface area contributed by atoms with Gasteiger partial charge in [0.25, 0.3) is 5.91 Å². The maximum absolute atomic E-state index is 12.6. The fourth-order valence-electron chi connectivity index (χ4n) is 3.26. The van der Waals surface area contributed by atoms with E-state index in [0.29, 0.717) is 42.1 Å². The molecule has 0 unspecified atom stereocenters. The number of nitrogens with zero attached hydrogens (tertiary/aromatic N) is 5. The van der Waals surface area contributed by atoms with Crippen LogP contribution in [0.5, 0.6) is 0 Å². The molecule has 0 spiro atoms. The van der Waals surface area contributed by atoms with Crippen LogP contribution in [0.15, 0.2) is 21.9 Å². The van der Waals surface area contributed by atoms with Gasteiger partial charge >= 0.3 is 0 Å². The van der Waals surface area contributed by atoms with E-state index >= 15 is 0 Å². The lowest BCUT2D eigenvalue weighted by atomic mass is 10.3. The van der Waals surface area contributed by atoms with Gasteiger partial charge in [-0.25, -0.2) is 0 Å². The van der Waals surface area contributed by atoms with E-state index in [-0.39, 0.29) is 29.5 Å². The second-order valence-electron chi connectivity index (χ2n) is 7.14. The lowest BCUT2D eigenvalue weighted by Crippen LogP contribution is -2.50. The Morgan fingerprint density at radius 1 is 1.17 bits per heavy atom. The Bertz CT molecular complexity index is 904. The van der Waals surface area contributed by atoms with E-state index in [1.54, 1.807) is 14.7 Å². The third-order valence-corrected chi connectivity index (χ3v) is 7.95. The van der Waals surface area contributed by atoms with Crippen molar-refractivity contribution in [3.05, 3.63) is 22.4 Å². The van der Waals surface area contributed by atoms with Crippen LogP contribution in [-0.2, 0) is 9.59 Å². The summed E-state index contributed by atoms with van der Waals surface area (Å²) in [5, 5.41) is 10.9. The summed E-state index contributed by atoms with van der Waals surface area (Å²) in [7, 11) is 0. The van der Waals surface area contributed by atoms with Gasteiger partial charge in [-0.1, -0.05) is 36.1 Å². The molecule has 2 aromatic rings. The zero-order valence-corrected chi connectivity index (χ0v) is 19.1. The summed E-state index contributed by atoms with van der Waals surface area (Å²) >= 11 is 4.16. The van der Waals surface area contributed by atoms with E-state index in [2.05, 4.69) is 10.2 Å². The minimum absolute atomic E-state index is 0.0312. The lowest BCUT2D eigenvalue weighted by Gasteiger charge is -2.34. The number of anilines is 1. The first-order chi connectivity index (χ1) is 14.6. The van der Waals surface area contributed by atoms with E-state index in [4.69, 9.17) is 0 Å². The molecule has 0 N–H and O–H groups in total. The molecule has 3 amide bonds. The van der Waals surface area contributed by atoms with Crippen LogP contribution in [0, 0.1) is 0 Å². The first kappa shape index (κ1) is 21.3. The molecule has 0 radical (unpaired) electrons. The highest BCUT2D eigenvalue weighted by Gasteiger charge is 2.35. The SMILES string of the molecule is CCC(=O)N(c1nnc(SCC(=O)N2CCN(C(=O)c3cccs3)CC2)s1)C1CC1. The highest BCUT2D eigenvalue weighted by Crippen LogP contribution is 2.36. The van der Waals surface area contributed by atoms with E-state index in [1.165, 1.54) is 34.4 Å². The van der Waals surface area contributed by atoms with Crippen LogP contribution < -0.4 is 4.90 Å². The summed E-state index contributed by atoms with van der Waals surface area (Å²) in [5.41, 5.74) is 0. The maximum Gasteiger partial charge on any atom is 0.264 e. The third-order valence-electron chi connectivity index (χ3n) is 5.06. The number of aromatic nitrogens is 2. The molecule has 2 fully saturated rings. The van der Waals surface area contributed by atoms with Gasteiger partial charge in [0.2, 0.25) is 16.9 Å². The van der Waals surface area contributed by atoms with E-state index < -0.39 is 0 Å². The molecule has 1 saturated heterocycles. The topological polar surface area (TPSA) is 86.7 Å². The minimum Gasteiger partial charge on any atom is -0.338 e. The molecule has 1 aliphatic carbocycles. The Labute approximate surface area is 187 Å². The molecule has 160 valence electrons. The fourth-order valence-corrected chi connectivity index (χ4v) is 5.78. The van der Waals surface area contributed by atoms with Gasteiger partial charge in [0, 0.05) is 38.6 Å². The number of hydrogen-bond acceptors (Lipinski definition) is 8. The van der Waals surface area contributed by atoms with Crippen molar-refractivity contribution in [3.63, 3.8) is 0 Å². The average Bonchev–Trinajstić information content (AvgIpc) is 3.25. The van der Waals surface area contributed by atoms with Crippen molar-refractivity contribution in [3.8, 4) is 0 Å². The number of rotatable bonds is 7. The standard InChI is InChI=1S/C19H23N5O3S3/c1-2-15(25)24(13-5-6-13)18-20-21-19(30-18)29-12-16(26)22-7-9-23(10-8-22)17(27)14-4-3-11-28-14/h3-4,11,13H,2,5-10,12H2,1H3. The largest absolute Gasteiger partial charge is 0.338 e. The van der Waals surface area contributed by atoms with Crippen molar-refractivity contribution in [2.24, 2.45) is 0 Å². The summed E-state index contributed by atoms with van der Waals surface area (Å²) < 4.78 is 0.694. The summed E-state index contributed by atoms with van der Waals surface area (Å²) in [6.07, 6.45) is 2.46. The van der Waals surface area contributed by atoms with Gasteiger partial charge in [0.1, 0.15) is 0 Å². The van der Waals surface area contributed by atoms with Crippen molar-refractivity contribution in [2.45, 2.75) is 36.6 Å². The number of thioether (sulfide) groups is 1. The number of hydrogen-bond donors (Lipinski definition) is 0. The molecule has 3 heterocycles. The van der Waals surface area contributed by atoms with Crippen LogP contribution in [0.2, 0.25) is 0 Å². The molecule has 4 rings (SSSR count). The highest BCUT2D eigenvalue weighted by molar-refractivity contribution is 8.01. The molecular weight excluding hydrogens is 442 g/mol. The van der Waals surface area contributed by atoms with E-state index in [1.807, 2.05) is 24.4 Å². The van der Waals surface area contributed by atoms with Crippen LogP contribution in [0.25, 0.3) is 0 Å². The average molecular weight is 466 g/mol. The zero-order chi connectivity index (χ0) is 21.1. The van der Waals surface area contributed by atoms with Crippen LogP contribution in [0.3, 0.4) is 0 Å². The van der Waals surface area contributed by atoms with Crippen molar-refractivity contribution in [2.75, 3.05) is 36.8 Å². The van der Waals surface area contributed by atoms with Crippen molar-refractivity contribution in [1.82, 2.24) is 20.0 Å². The Morgan fingerprint density at radius 2 is 1.90 bits per heavy atom. The van der Waals surface area contributed by atoms with Gasteiger partial charge in [-0.3, -0.25) is 19.3 Å². The normalized spacial score (nSPS) is 16.6. The number of amides is 3. The first-order valence-corrected chi connectivity index (χ1v) is 12.6. The smallest absolute Gasteiger partial charge is 0.264 e. The number of piperazine rings is 1. The van der Waals surface area contributed by atoms with Gasteiger partial charge in [0.05, 0.1) is 10.6 Å². The maximum atomic E-state index is 12.6. The predicted octanol–water partition coefficient (Wildman–Crippen LogP) is 2.58. The summed E-state index contributed by atoms with van der Waals surface area (Å²) in [6, 6.07) is 3.95. The van der Waals surface area contributed by atoms with Gasteiger partial charge < -0.3 is 9.80 Å². The first-order valence-electron chi connectivity index (χ1n) is 9.95. The summed E-state index contributed by atoms with van der Waals surface area (Å²) in [5.74, 6) is 0.410. The summed E-state index contributed by atoms with van der Waals surface area (Å²) in [4.78, 5) is 43.3. The third kappa shape index (κ3) is 4.84. The molecular formula is C19H23N5O3S3. The fraction of sp³-hybridized carbons (Fsp3) is 0.526. The van der Waals surface area contributed by atoms with E-state index in [0.717, 1.165) is 17.7 Å². The Hall–Kier alpha value is -1.98. The molecule has 8 nitrogen and oxygen atoms in total. The molecule has 2 aliphatic rings. The summed E-state index contributed by atoms with van der Waals surface area (Å²) in [6.45, 7) is 4.02. The highest BCUT2D eigenvalue weighted by atomic mass is 32.2. The van der Waals surface area contributed by atoms with Crippen molar-refractivity contribution < 1.29 is 14.4 Å². The Balaban J connectivity index is 1.26. The predicted molar refractivity (Wildman–Crippen MR) is 118 cm³/mol. The molecule has 1 aliphatic heterocycles. The second kappa shape index (κ2) is 9.44. The monoisotopic (exact) mass is 465 g/mol. The van der Waals surface area contributed by atoms with Crippen LogP contribution in [0.4, 0.5) is 5.13 Å².